The molecule has 1 aromatic rings. The molecule has 0 spiro atoms. The lowest BCUT2D eigenvalue weighted by Crippen LogP contribution is -2.26. The third-order valence-corrected chi connectivity index (χ3v) is 4.84. The first-order valence-corrected chi connectivity index (χ1v) is 8.60. The van der Waals surface area contributed by atoms with E-state index in [0.717, 1.165) is 23.3 Å². The molecule has 1 aliphatic carbocycles. The van der Waals surface area contributed by atoms with Crippen molar-refractivity contribution >= 4 is 17.2 Å². The number of aryl methyl sites for hydroxylation is 2. The van der Waals surface area contributed by atoms with Gasteiger partial charge in [0.05, 0.1) is 18.1 Å². The molecule has 3 nitrogen and oxygen atoms in total. The molecule has 4 heteroatoms. The summed E-state index contributed by atoms with van der Waals surface area (Å²) in [7, 11) is 0. The second-order valence-electron chi connectivity index (χ2n) is 5.74. The molecular formula is C17H25NO2S. The van der Waals surface area contributed by atoms with Crippen molar-refractivity contribution in [1.29, 1.82) is 0 Å². The third kappa shape index (κ3) is 5.29. The Morgan fingerprint density at radius 2 is 2.10 bits per heavy atom. The van der Waals surface area contributed by atoms with Gasteiger partial charge < -0.3 is 10.1 Å². The van der Waals surface area contributed by atoms with Crippen LogP contribution in [0.25, 0.3) is 0 Å². The molecular weight excluding hydrogens is 282 g/mol. The van der Waals surface area contributed by atoms with Crippen LogP contribution in [0.15, 0.2) is 18.2 Å². The van der Waals surface area contributed by atoms with Crippen LogP contribution in [0.1, 0.15) is 52.7 Å². The van der Waals surface area contributed by atoms with Gasteiger partial charge in [0.15, 0.2) is 0 Å². The van der Waals surface area contributed by atoms with Crippen molar-refractivity contribution in [2.75, 3.05) is 19.8 Å². The number of carbonyl (C=O) groups excluding carboxylic acids is 1. The first-order chi connectivity index (χ1) is 10.2. The molecule has 21 heavy (non-hydrogen) atoms. The van der Waals surface area contributed by atoms with Gasteiger partial charge in [-0.1, -0.05) is 25.0 Å². The zero-order valence-corrected chi connectivity index (χ0v) is 13.7. The minimum atomic E-state index is 0.0330. The van der Waals surface area contributed by atoms with Crippen LogP contribution in [0.2, 0.25) is 0 Å². The van der Waals surface area contributed by atoms with E-state index >= 15 is 0 Å². The normalized spacial score (nSPS) is 14.9. The van der Waals surface area contributed by atoms with Gasteiger partial charge in [-0.3, -0.25) is 4.79 Å². The molecule has 2 rings (SSSR count). The van der Waals surface area contributed by atoms with Gasteiger partial charge in [0.2, 0.25) is 0 Å². The number of ether oxygens (including phenoxy) is 1. The molecule has 1 aromatic heterocycles. The summed E-state index contributed by atoms with van der Waals surface area (Å²) >= 11 is 1.67. The van der Waals surface area contributed by atoms with Gasteiger partial charge in [0, 0.05) is 11.4 Å². The van der Waals surface area contributed by atoms with E-state index in [2.05, 4.69) is 18.0 Å². The summed E-state index contributed by atoms with van der Waals surface area (Å²) in [5.41, 5.74) is 2.39. The zero-order valence-electron chi connectivity index (χ0n) is 12.9. The Morgan fingerprint density at radius 1 is 1.33 bits per heavy atom. The first kappa shape index (κ1) is 16.2. The van der Waals surface area contributed by atoms with Crippen LogP contribution in [0, 0.1) is 0 Å². The maximum Gasteiger partial charge on any atom is 0.261 e. The van der Waals surface area contributed by atoms with Crippen molar-refractivity contribution in [2.45, 2.75) is 45.4 Å². The average Bonchev–Trinajstić information content (AvgIpc) is 2.80. The second kappa shape index (κ2) is 8.35. The Morgan fingerprint density at radius 3 is 2.86 bits per heavy atom. The number of hydrogen-bond acceptors (Lipinski definition) is 3. The van der Waals surface area contributed by atoms with E-state index in [4.69, 9.17) is 4.74 Å². The Bertz CT molecular complexity index is 467. The lowest BCUT2D eigenvalue weighted by atomic mass is 10.00. The Hall–Kier alpha value is -1.13. The molecule has 0 radical (unpaired) electrons. The number of fused-ring (bicyclic) bond motifs is 1. The fourth-order valence-corrected chi connectivity index (χ4v) is 3.70. The van der Waals surface area contributed by atoms with Gasteiger partial charge in [0.25, 0.3) is 5.91 Å². The summed E-state index contributed by atoms with van der Waals surface area (Å²) in [6.45, 7) is 7.35. The minimum absolute atomic E-state index is 0.0330. The maximum atomic E-state index is 12.2. The van der Waals surface area contributed by atoms with Gasteiger partial charge in [-0.2, -0.15) is 0 Å². The van der Waals surface area contributed by atoms with Gasteiger partial charge in [-0.15, -0.1) is 11.3 Å². The van der Waals surface area contributed by atoms with Crippen LogP contribution < -0.4 is 5.32 Å². The quantitative estimate of drug-likeness (QED) is 0.642. The molecule has 1 aliphatic rings. The van der Waals surface area contributed by atoms with Crippen molar-refractivity contribution in [3.8, 4) is 0 Å². The molecule has 0 bridgehead atoms. The monoisotopic (exact) mass is 307 g/mol. The van der Waals surface area contributed by atoms with Crippen molar-refractivity contribution in [2.24, 2.45) is 0 Å². The fraction of sp³-hybridized carbons (Fsp3) is 0.588. The van der Waals surface area contributed by atoms with E-state index in [1.54, 1.807) is 11.3 Å². The van der Waals surface area contributed by atoms with Crippen LogP contribution in [0.5, 0.6) is 0 Å². The summed E-state index contributed by atoms with van der Waals surface area (Å²) in [5, 5.41) is 2.93. The van der Waals surface area contributed by atoms with Crippen LogP contribution in [-0.4, -0.2) is 25.7 Å². The largest absolute Gasteiger partial charge is 0.375 e. The van der Waals surface area contributed by atoms with Gasteiger partial charge in [-0.25, -0.2) is 0 Å². The molecule has 1 amide bonds. The van der Waals surface area contributed by atoms with Crippen molar-refractivity contribution in [3.63, 3.8) is 0 Å². The third-order valence-electron chi connectivity index (χ3n) is 3.60. The number of carbonyl (C=O) groups is 1. The summed E-state index contributed by atoms with van der Waals surface area (Å²) in [6, 6.07) is 2.09. The fourth-order valence-electron chi connectivity index (χ4n) is 2.53. The molecule has 1 heterocycles. The molecule has 0 fully saturated rings. The van der Waals surface area contributed by atoms with Crippen LogP contribution in [-0.2, 0) is 17.6 Å². The summed E-state index contributed by atoms with van der Waals surface area (Å²) < 4.78 is 5.38. The van der Waals surface area contributed by atoms with E-state index in [0.29, 0.717) is 19.8 Å². The maximum absolute atomic E-state index is 12.2. The van der Waals surface area contributed by atoms with Crippen LogP contribution in [0.4, 0.5) is 0 Å². The highest BCUT2D eigenvalue weighted by Crippen LogP contribution is 2.28. The van der Waals surface area contributed by atoms with Crippen LogP contribution >= 0.6 is 11.3 Å². The van der Waals surface area contributed by atoms with E-state index in [-0.39, 0.29) is 5.91 Å². The van der Waals surface area contributed by atoms with Crippen molar-refractivity contribution in [3.05, 3.63) is 33.5 Å². The van der Waals surface area contributed by atoms with Gasteiger partial charge >= 0.3 is 0 Å². The predicted molar refractivity (Wildman–Crippen MR) is 88.2 cm³/mol. The molecule has 1 N–H and O–H groups in total. The Labute approximate surface area is 131 Å². The lowest BCUT2D eigenvalue weighted by molar-refractivity contribution is 0.0930. The van der Waals surface area contributed by atoms with E-state index in [9.17, 15) is 4.79 Å². The summed E-state index contributed by atoms with van der Waals surface area (Å²) in [5.74, 6) is 0.0330. The standard InChI is InChI=1S/C17H25NO2S/c1-13(2)12-20-10-9-18-17(19)16-11-14-7-5-3-4-6-8-15(14)21-16/h11H,1,3-10,12H2,2H3,(H,18,19). The molecule has 0 unspecified atom stereocenters. The highest BCUT2D eigenvalue weighted by molar-refractivity contribution is 7.14. The highest BCUT2D eigenvalue weighted by Gasteiger charge is 2.15. The van der Waals surface area contributed by atoms with Crippen molar-refractivity contribution < 1.29 is 9.53 Å². The summed E-state index contributed by atoms with van der Waals surface area (Å²) in [4.78, 5) is 14.4. The summed E-state index contributed by atoms with van der Waals surface area (Å²) in [6.07, 6.45) is 7.40. The number of thiophene rings is 1. The van der Waals surface area contributed by atoms with Crippen molar-refractivity contribution in [1.82, 2.24) is 5.32 Å². The zero-order chi connectivity index (χ0) is 15.1. The van der Waals surface area contributed by atoms with Gasteiger partial charge in [-0.05, 0) is 44.2 Å². The van der Waals surface area contributed by atoms with E-state index in [1.165, 1.54) is 36.1 Å². The number of hydrogen-bond donors (Lipinski definition) is 1. The molecule has 0 saturated heterocycles. The minimum Gasteiger partial charge on any atom is -0.375 e. The Kier molecular flexibility index (Phi) is 6.46. The Balaban J connectivity index is 1.82. The first-order valence-electron chi connectivity index (χ1n) is 7.78. The van der Waals surface area contributed by atoms with E-state index < -0.39 is 0 Å². The number of rotatable bonds is 6. The molecule has 116 valence electrons. The van der Waals surface area contributed by atoms with Crippen LogP contribution in [0.3, 0.4) is 0 Å². The topological polar surface area (TPSA) is 38.3 Å². The molecule has 0 aromatic carbocycles. The highest BCUT2D eigenvalue weighted by atomic mass is 32.1. The molecule has 0 saturated carbocycles. The number of amides is 1. The average molecular weight is 307 g/mol. The van der Waals surface area contributed by atoms with E-state index in [1.807, 2.05) is 6.92 Å². The van der Waals surface area contributed by atoms with Gasteiger partial charge in [0.1, 0.15) is 0 Å². The molecule has 0 aliphatic heterocycles. The smallest absolute Gasteiger partial charge is 0.261 e. The number of nitrogens with one attached hydrogen (secondary N) is 1. The molecule has 0 atom stereocenters. The lowest BCUT2D eigenvalue weighted by Gasteiger charge is -2.07. The second-order valence-corrected chi connectivity index (χ2v) is 6.88. The SMILES string of the molecule is C=C(C)COCCNC(=O)c1cc2c(s1)CCCCCC2. The predicted octanol–water partition coefficient (Wildman–Crippen LogP) is 3.73.